The van der Waals surface area contributed by atoms with Crippen LogP contribution in [0.5, 0.6) is 0 Å². The van der Waals surface area contributed by atoms with Crippen molar-refractivity contribution in [2.75, 3.05) is 39.4 Å². The number of hydrogen-bond acceptors (Lipinski definition) is 4. The molecule has 1 N–H and O–H groups in total. The number of hydrogen-bond donors (Lipinski definition) is 1. The minimum absolute atomic E-state index is 0.133. The third kappa shape index (κ3) is 8.57. The van der Waals surface area contributed by atoms with Crippen LogP contribution in [0, 0.1) is 0 Å². The highest BCUT2D eigenvalue weighted by molar-refractivity contribution is 6.30. The van der Waals surface area contributed by atoms with Crippen LogP contribution in [0.15, 0.2) is 78.9 Å². The van der Waals surface area contributed by atoms with Gasteiger partial charge in [-0.05, 0) is 41.0 Å². The number of morpholine rings is 1. The molecule has 6 nitrogen and oxygen atoms in total. The largest absolute Gasteiger partial charge is 0.379 e. The summed E-state index contributed by atoms with van der Waals surface area (Å²) in [6.45, 7) is 4.65. The zero-order valence-corrected chi connectivity index (χ0v) is 22.8. The van der Waals surface area contributed by atoms with Gasteiger partial charge in [-0.15, -0.1) is 0 Å². The lowest BCUT2D eigenvalue weighted by Crippen LogP contribution is -2.52. The summed E-state index contributed by atoms with van der Waals surface area (Å²) in [6, 6.07) is 23.7. The molecular weight excluding hydrogens is 521 g/mol. The molecule has 4 rings (SSSR count). The first-order chi connectivity index (χ1) is 18.5. The molecule has 3 aromatic carbocycles. The lowest BCUT2D eigenvalue weighted by Gasteiger charge is -2.32. The van der Waals surface area contributed by atoms with Crippen LogP contribution in [0.4, 0.5) is 0 Å². The Bertz CT molecular complexity index is 1170. The first-order valence-electron chi connectivity index (χ1n) is 12.9. The Morgan fingerprint density at radius 2 is 1.45 bits per heavy atom. The Labute approximate surface area is 234 Å². The minimum atomic E-state index is -0.683. The van der Waals surface area contributed by atoms with Crippen LogP contribution in [-0.4, -0.2) is 67.0 Å². The van der Waals surface area contributed by atoms with Crippen LogP contribution in [0.3, 0.4) is 0 Å². The zero-order valence-electron chi connectivity index (χ0n) is 21.3. The molecule has 1 aliphatic heterocycles. The van der Waals surface area contributed by atoms with Crippen LogP contribution >= 0.6 is 23.2 Å². The molecule has 2 amide bonds. The predicted molar refractivity (Wildman–Crippen MR) is 151 cm³/mol. The number of benzene rings is 3. The van der Waals surface area contributed by atoms with E-state index in [0.29, 0.717) is 36.2 Å². The van der Waals surface area contributed by atoms with Gasteiger partial charge in [0.2, 0.25) is 11.8 Å². The van der Waals surface area contributed by atoms with Crippen molar-refractivity contribution in [2.24, 2.45) is 0 Å². The molecule has 0 saturated carbocycles. The molecule has 200 valence electrons. The number of ether oxygens (including phenoxy) is 1. The number of carbonyl (C=O) groups excluding carboxylic acids is 2. The monoisotopic (exact) mass is 553 g/mol. The number of nitrogens with zero attached hydrogens (tertiary/aromatic N) is 2. The van der Waals surface area contributed by atoms with Crippen molar-refractivity contribution in [3.63, 3.8) is 0 Å². The van der Waals surface area contributed by atoms with Crippen molar-refractivity contribution >= 4 is 35.0 Å². The van der Waals surface area contributed by atoms with E-state index in [9.17, 15) is 9.59 Å². The van der Waals surface area contributed by atoms with E-state index in [1.165, 1.54) is 0 Å². The van der Waals surface area contributed by atoms with Gasteiger partial charge in [-0.1, -0.05) is 77.8 Å². The molecule has 0 bridgehead atoms. The van der Waals surface area contributed by atoms with E-state index < -0.39 is 6.04 Å². The quantitative estimate of drug-likeness (QED) is 0.376. The highest BCUT2D eigenvalue weighted by Gasteiger charge is 2.30. The average molecular weight is 555 g/mol. The minimum Gasteiger partial charge on any atom is -0.379 e. The first kappa shape index (κ1) is 28.1. The second-order valence-corrected chi connectivity index (χ2v) is 10.3. The number of nitrogens with one attached hydrogen (secondary N) is 1. The van der Waals surface area contributed by atoms with E-state index in [-0.39, 0.29) is 24.8 Å². The number of rotatable bonds is 11. The Hall–Kier alpha value is -2.90. The maximum Gasteiger partial charge on any atom is 0.243 e. The van der Waals surface area contributed by atoms with Crippen LogP contribution in [-0.2, 0) is 33.7 Å². The van der Waals surface area contributed by atoms with E-state index >= 15 is 0 Å². The fourth-order valence-electron chi connectivity index (χ4n) is 4.50. The molecular formula is C30H33Cl2N3O3. The molecule has 0 spiro atoms. The van der Waals surface area contributed by atoms with E-state index in [1.807, 2.05) is 54.6 Å². The first-order valence-corrected chi connectivity index (χ1v) is 13.6. The summed E-state index contributed by atoms with van der Waals surface area (Å²) in [5.41, 5.74) is 2.73. The van der Waals surface area contributed by atoms with Gasteiger partial charge in [-0.2, -0.15) is 0 Å². The Morgan fingerprint density at radius 3 is 2.08 bits per heavy atom. The van der Waals surface area contributed by atoms with Crippen molar-refractivity contribution < 1.29 is 14.3 Å². The zero-order chi connectivity index (χ0) is 26.7. The van der Waals surface area contributed by atoms with Gasteiger partial charge in [0.1, 0.15) is 6.04 Å². The number of amides is 2. The van der Waals surface area contributed by atoms with Gasteiger partial charge >= 0.3 is 0 Å². The summed E-state index contributed by atoms with van der Waals surface area (Å²) in [6.07, 6.45) is 0.571. The second kappa shape index (κ2) is 14.3. The molecule has 1 fully saturated rings. The van der Waals surface area contributed by atoms with Gasteiger partial charge in [0, 0.05) is 49.2 Å². The van der Waals surface area contributed by atoms with Crippen LogP contribution in [0.25, 0.3) is 0 Å². The van der Waals surface area contributed by atoms with Crippen molar-refractivity contribution in [3.8, 4) is 0 Å². The highest BCUT2D eigenvalue weighted by Crippen LogP contribution is 2.19. The Morgan fingerprint density at radius 1 is 0.842 bits per heavy atom. The molecule has 1 atom stereocenters. The van der Waals surface area contributed by atoms with Crippen molar-refractivity contribution in [2.45, 2.75) is 25.4 Å². The van der Waals surface area contributed by atoms with Crippen LogP contribution in [0.1, 0.15) is 16.7 Å². The smallest absolute Gasteiger partial charge is 0.243 e. The molecule has 38 heavy (non-hydrogen) atoms. The fourth-order valence-corrected chi connectivity index (χ4v) is 4.75. The number of carbonyl (C=O) groups is 2. The van der Waals surface area contributed by atoms with E-state index in [4.69, 9.17) is 27.9 Å². The summed E-state index contributed by atoms with van der Waals surface area (Å²) in [5.74, 6) is -0.299. The maximum absolute atomic E-state index is 13.8. The second-order valence-electron chi connectivity index (χ2n) is 9.40. The fraction of sp³-hybridized carbons (Fsp3) is 0.333. The molecule has 0 unspecified atom stereocenters. The van der Waals surface area contributed by atoms with Gasteiger partial charge in [-0.25, -0.2) is 0 Å². The van der Waals surface area contributed by atoms with Gasteiger partial charge in [0.25, 0.3) is 0 Å². The van der Waals surface area contributed by atoms with Crippen molar-refractivity contribution in [3.05, 3.63) is 106 Å². The van der Waals surface area contributed by atoms with Gasteiger partial charge in [0.05, 0.1) is 19.6 Å². The average Bonchev–Trinajstić information content (AvgIpc) is 2.94. The number of halogens is 2. The summed E-state index contributed by atoms with van der Waals surface area (Å²) in [5, 5.41) is 4.33. The molecule has 1 aliphatic rings. The van der Waals surface area contributed by atoms with Crippen molar-refractivity contribution in [1.29, 1.82) is 0 Å². The third-order valence-electron chi connectivity index (χ3n) is 6.64. The summed E-state index contributed by atoms with van der Waals surface area (Å²) in [4.78, 5) is 31.4. The summed E-state index contributed by atoms with van der Waals surface area (Å²) < 4.78 is 5.42. The van der Waals surface area contributed by atoms with E-state index in [1.54, 1.807) is 29.2 Å². The summed E-state index contributed by atoms with van der Waals surface area (Å²) >= 11 is 12.2. The molecule has 0 radical (unpaired) electrons. The van der Waals surface area contributed by atoms with E-state index in [2.05, 4.69) is 10.2 Å². The third-order valence-corrected chi connectivity index (χ3v) is 7.14. The molecule has 1 heterocycles. The van der Waals surface area contributed by atoms with Gasteiger partial charge in [-0.3, -0.25) is 14.5 Å². The molecule has 0 aliphatic carbocycles. The van der Waals surface area contributed by atoms with Crippen LogP contribution < -0.4 is 5.32 Å². The molecule has 8 heteroatoms. The SMILES string of the molecule is O=C(NCCN1CCOCC1)[C@H](Cc1ccccc1)N(Cc1ccc(Cl)cc1)C(=O)Cc1ccc(Cl)cc1. The normalized spacial score (nSPS) is 14.6. The lowest BCUT2D eigenvalue weighted by atomic mass is 10.0. The maximum atomic E-state index is 13.8. The summed E-state index contributed by atoms with van der Waals surface area (Å²) in [7, 11) is 0. The highest BCUT2D eigenvalue weighted by atomic mass is 35.5. The molecule has 3 aromatic rings. The van der Waals surface area contributed by atoms with E-state index in [0.717, 1.165) is 36.3 Å². The Balaban J connectivity index is 1.57. The van der Waals surface area contributed by atoms with Crippen molar-refractivity contribution in [1.82, 2.24) is 15.1 Å². The van der Waals surface area contributed by atoms with Gasteiger partial charge < -0.3 is 15.0 Å². The van der Waals surface area contributed by atoms with Gasteiger partial charge in [0.15, 0.2) is 0 Å². The molecule has 1 saturated heterocycles. The topological polar surface area (TPSA) is 61.9 Å². The standard InChI is InChI=1S/C30H33Cl2N3O3/c31-26-10-6-24(7-11-26)21-29(36)35(22-25-8-12-27(32)13-9-25)28(20-23-4-2-1-3-5-23)30(37)33-14-15-34-16-18-38-19-17-34/h1-13,28H,14-22H2,(H,33,37)/t28-/m0/s1. The lowest BCUT2D eigenvalue weighted by molar-refractivity contribution is -0.140. The van der Waals surface area contributed by atoms with Crippen LogP contribution in [0.2, 0.25) is 10.0 Å². The molecule has 0 aromatic heterocycles. The predicted octanol–water partition coefficient (Wildman–Crippen LogP) is 4.62. The Kier molecular flexibility index (Phi) is 10.6.